The summed E-state index contributed by atoms with van der Waals surface area (Å²) >= 11 is 0. The molecule has 0 saturated heterocycles. The molecule has 18 heavy (non-hydrogen) atoms. The van der Waals surface area contributed by atoms with E-state index in [1.807, 2.05) is 0 Å². The molecule has 1 aliphatic rings. The van der Waals surface area contributed by atoms with E-state index >= 15 is 0 Å². The second kappa shape index (κ2) is 6.72. The Morgan fingerprint density at radius 3 is 2.56 bits per heavy atom. The Bertz CT molecular complexity index is 368. The van der Waals surface area contributed by atoms with Crippen LogP contribution in [0.2, 0.25) is 0 Å². The van der Waals surface area contributed by atoms with Gasteiger partial charge in [-0.05, 0) is 23.8 Å². The Kier molecular flexibility index (Phi) is 4.98. The molecule has 0 heterocycles. The third-order valence-electron chi connectivity index (χ3n) is 4.16. The molecular formula is C17H24O. The number of hydrogen-bond donors (Lipinski definition) is 0. The summed E-state index contributed by atoms with van der Waals surface area (Å²) < 4.78 is 0. The van der Waals surface area contributed by atoms with Crippen molar-refractivity contribution in [1.82, 2.24) is 0 Å². The van der Waals surface area contributed by atoms with Crippen LogP contribution in [0.3, 0.4) is 0 Å². The van der Waals surface area contributed by atoms with E-state index in [2.05, 4.69) is 37.3 Å². The minimum Gasteiger partial charge on any atom is -0.300 e. The summed E-state index contributed by atoms with van der Waals surface area (Å²) in [6, 6.07) is 10.6. The molecular weight excluding hydrogens is 220 g/mol. The summed E-state index contributed by atoms with van der Waals surface area (Å²) in [5, 5.41) is 0. The fourth-order valence-electron chi connectivity index (χ4n) is 3.16. The first-order valence-electron chi connectivity index (χ1n) is 7.38. The minimum atomic E-state index is 0.462. The van der Waals surface area contributed by atoms with E-state index in [4.69, 9.17) is 0 Å². The van der Waals surface area contributed by atoms with Crippen molar-refractivity contribution < 1.29 is 4.79 Å². The van der Waals surface area contributed by atoms with Crippen LogP contribution in [0.15, 0.2) is 30.3 Å². The standard InChI is InChI=1S/C17H24O/c1-2-3-4-6-11-15-12-16(18)13-17(15)14-9-7-5-8-10-14/h5,7-10,15,17H,2-4,6,11-13H2,1H3/t15-,17-/m1/s1. The summed E-state index contributed by atoms with van der Waals surface area (Å²) in [6.07, 6.45) is 8.03. The summed E-state index contributed by atoms with van der Waals surface area (Å²) in [5.74, 6) is 1.54. The van der Waals surface area contributed by atoms with Gasteiger partial charge in [0, 0.05) is 12.8 Å². The maximum atomic E-state index is 11.7. The van der Waals surface area contributed by atoms with Crippen molar-refractivity contribution in [2.75, 3.05) is 0 Å². The molecule has 0 aromatic heterocycles. The van der Waals surface area contributed by atoms with E-state index < -0.39 is 0 Å². The lowest BCUT2D eigenvalue weighted by Gasteiger charge is -2.19. The Morgan fingerprint density at radius 1 is 1.06 bits per heavy atom. The minimum absolute atomic E-state index is 0.462. The molecule has 0 radical (unpaired) electrons. The number of unbranched alkanes of at least 4 members (excludes halogenated alkanes) is 3. The van der Waals surface area contributed by atoms with Crippen LogP contribution in [-0.4, -0.2) is 5.78 Å². The van der Waals surface area contributed by atoms with Gasteiger partial charge in [-0.2, -0.15) is 0 Å². The van der Waals surface area contributed by atoms with Crippen LogP contribution in [0.25, 0.3) is 0 Å². The van der Waals surface area contributed by atoms with Gasteiger partial charge in [0.15, 0.2) is 0 Å². The number of rotatable bonds is 6. The second-order valence-corrected chi connectivity index (χ2v) is 5.57. The number of benzene rings is 1. The monoisotopic (exact) mass is 244 g/mol. The van der Waals surface area contributed by atoms with Crippen LogP contribution in [0.5, 0.6) is 0 Å². The van der Waals surface area contributed by atoms with E-state index in [9.17, 15) is 4.79 Å². The van der Waals surface area contributed by atoms with Crippen molar-refractivity contribution in [2.24, 2.45) is 5.92 Å². The lowest BCUT2D eigenvalue weighted by Crippen LogP contribution is -2.06. The topological polar surface area (TPSA) is 17.1 Å². The Hall–Kier alpha value is -1.11. The van der Waals surface area contributed by atoms with Crippen molar-refractivity contribution in [2.45, 2.75) is 57.8 Å². The summed E-state index contributed by atoms with van der Waals surface area (Å²) in [7, 11) is 0. The molecule has 0 unspecified atom stereocenters. The molecule has 1 aromatic carbocycles. The van der Waals surface area contributed by atoms with Crippen LogP contribution in [0.4, 0.5) is 0 Å². The fraction of sp³-hybridized carbons (Fsp3) is 0.588. The highest BCUT2D eigenvalue weighted by molar-refractivity contribution is 5.82. The first kappa shape index (κ1) is 13.3. The molecule has 0 aliphatic heterocycles. The van der Waals surface area contributed by atoms with Gasteiger partial charge in [-0.15, -0.1) is 0 Å². The Labute approximate surface area is 111 Å². The largest absolute Gasteiger partial charge is 0.300 e. The number of ketones is 1. The first-order valence-corrected chi connectivity index (χ1v) is 7.38. The van der Waals surface area contributed by atoms with Crippen molar-refractivity contribution in [3.05, 3.63) is 35.9 Å². The van der Waals surface area contributed by atoms with Crippen LogP contribution in [-0.2, 0) is 4.79 Å². The van der Waals surface area contributed by atoms with E-state index in [1.54, 1.807) is 0 Å². The van der Waals surface area contributed by atoms with Gasteiger partial charge in [0.05, 0.1) is 0 Å². The van der Waals surface area contributed by atoms with Gasteiger partial charge in [-0.3, -0.25) is 4.79 Å². The highest BCUT2D eigenvalue weighted by Gasteiger charge is 2.33. The molecule has 1 saturated carbocycles. The molecule has 0 amide bonds. The maximum Gasteiger partial charge on any atom is 0.133 e. The number of hydrogen-bond acceptors (Lipinski definition) is 1. The normalized spacial score (nSPS) is 23.5. The molecule has 1 nitrogen and oxygen atoms in total. The van der Waals surface area contributed by atoms with Gasteiger partial charge in [0.25, 0.3) is 0 Å². The number of carbonyl (C=O) groups is 1. The highest BCUT2D eigenvalue weighted by atomic mass is 16.1. The molecule has 98 valence electrons. The van der Waals surface area contributed by atoms with Crippen molar-refractivity contribution >= 4 is 5.78 Å². The van der Waals surface area contributed by atoms with Gasteiger partial charge < -0.3 is 0 Å². The zero-order chi connectivity index (χ0) is 12.8. The zero-order valence-electron chi connectivity index (χ0n) is 11.4. The molecule has 0 bridgehead atoms. The van der Waals surface area contributed by atoms with Gasteiger partial charge in [-0.25, -0.2) is 0 Å². The van der Waals surface area contributed by atoms with Crippen molar-refractivity contribution in [3.63, 3.8) is 0 Å². The molecule has 2 atom stereocenters. The average molecular weight is 244 g/mol. The van der Waals surface area contributed by atoms with E-state index in [0.717, 1.165) is 12.8 Å². The highest BCUT2D eigenvalue weighted by Crippen LogP contribution is 2.40. The molecule has 1 aliphatic carbocycles. The Morgan fingerprint density at radius 2 is 1.83 bits per heavy atom. The molecule has 0 spiro atoms. The van der Waals surface area contributed by atoms with Crippen molar-refractivity contribution in [1.29, 1.82) is 0 Å². The SMILES string of the molecule is CCCCCC[C@@H]1CC(=O)C[C@@H]1c1ccccc1. The van der Waals surface area contributed by atoms with Crippen molar-refractivity contribution in [3.8, 4) is 0 Å². The first-order chi connectivity index (χ1) is 8.81. The second-order valence-electron chi connectivity index (χ2n) is 5.57. The smallest absolute Gasteiger partial charge is 0.133 e. The molecule has 1 fully saturated rings. The molecule has 2 rings (SSSR count). The molecule has 0 N–H and O–H groups in total. The van der Waals surface area contributed by atoms with Gasteiger partial charge in [-0.1, -0.05) is 62.9 Å². The van der Waals surface area contributed by atoms with Crippen LogP contribution in [0.1, 0.15) is 63.4 Å². The van der Waals surface area contributed by atoms with Gasteiger partial charge in [0.1, 0.15) is 5.78 Å². The fourth-order valence-corrected chi connectivity index (χ4v) is 3.16. The van der Waals surface area contributed by atoms with E-state index in [0.29, 0.717) is 17.6 Å². The summed E-state index contributed by atoms with van der Waals surface area (Å²) in [4.78, 5) is 11.7. The number of Topliss-reactive ketones (excluding diaryl/α,β-unsaturated/α-hetero) is 1. The summed E-state index contributed by atoms with van der Waals surface area (Å²) in [6.45, 7) is 2.24. The Balaban J connectivity index is 1.93. The zero-order valence-corrected chi connectivity index (χ0v) is 11.4. The number of carbonyl (C=O) groups excluding carboxylic acids is 1. The summed E-state index contributed by atoms with van der Waals surface area (Å²) in [5.41, 5.74) is 1.36. The van der Waals surface area contributed by atoms with Crippen LogP contribution in [0, 0.1) is 5.92 Å². The van der Waals surface area contributed by atoms with E-state index in [1.165, 1.54) is 37.7 Å². The quantitative estimate of drug-likeness (QED) is 0.662. The third-order valence-corrected chi connectivity index (χ3v) is 4.16. The average Bonchev–Trinajstić information content (AvgIpc) is 2.77. The third kappa shape index (κ3) is 3.44. The predicted octanol–water partition coefficient (Wildman–Crippen LogP) is 4.72. The van der Waals surface area contributed by atoms with Crippen LogP contribution < -0.4 is 0 Å². The molecule has 1 aromatic rings. The maximum absolute atomic E-state index is 11.7. The lowest BCUT2D eigenvalue weighted by molar-refractivity contribution is -0.117. The van der Waals surface area contributed by atoms with Gasteiger partial charge in [0.2, 0.25) is 0 Å². The van der Waals surface area contributed by atoms with E-state index in [-0.39, 0.29) is 0 Å². The van der Waals surface area contributed by atoms with Gasteiger partial charge >= 0.3 is 0 Å². The lowest BCUT2D eigenvalue weighted by atomic mass is 9.85. The predicted molar refractivity (Wildman–Crippen MR) is 75.7 cm³/mol. The van der Waals surface area contributed by atoms with Crippen LogP contribution >= 0.6 is 0 Å². The molecule has 1 heteroatoms.